The lowest BCUT2D eigenvalue weighted by atomic mass is 9.91. The van der Waals surface area contributed by atoms with Crippen molar-refractivity contribution in [3.8, 4) is 11.1 Å². The van der Waals surface area contributed by atoms with Crippen LogP contribution in [0.2, 0.25) is 0 Å². The first-order valence-electron chi connectivity index (χ1n) is 12.0. The molecule has 0 bridgehead atoms. The minimum absolute atomic E-state index is 0.00140. The van der Waals surface area contributed by atoms with Crippen molar-refractivity contribution in [2.75, 3.05) is 13.2 Å². The van der Waals surface area contributed by atoms with E-state index in [9.17, 15) is 19.5 Å². The summed E-state index contributed by atoms with van der Waals surface area (Å²) in [5.41, 5.74) is 3.86. The van der Waals surface area contributed by atoms with Gasteiger partial charge in [-0.25, -0.2) is 4.79 Å². The van der Waals surface area contributed by atoms with E-state index in [1.807, 2.05) is 31.2 Å². The van der Waals surface area contributed by atoms with Gasteiger partial charge in [0.2, 0.25) is 5.91 Å². The van der Waals surface area contributed by atoms with Gasteiger partial charge in [0, 0.05) is 12.0 Å². The Hall–Kier alpha value is -3.35. The van der Waals surface area contributed by atoms with E-state index in [0.717, 1.165) is 36.8 Å². The van der Waals surface area contributed by atoms with Gasteiger partial charge in [-0.3, -0.25) is 9.59 Å². The highest BCUT2D eigenvalue weighted by Gasteiger charge is 2.46. The molecule has 2 aromatic carbocycles. The average molecular weight is 463 g/mol. The number of amides is 2. The van der Waals surface area contributed by atoms with Crippen LogP contribution in [0.5, 0.6) is 0 Å². The molecule has 7 nitrogen and oxygen atoms in total. The maximum absolute atomic E-state index is 13.0. The topological polar surface area (TPSA) is 95.9 Å². The van der Waals surface area contributed by atoms with Crippen LogP contribution in [-0.2, 0) is 14.3 Å². The van der Waals surface area contributed by atoms with Gasteiger partial charge in [-0.2, -0.15) is 0 Å². The van der Waals surface area contributed by atoms with Crippen molar-refractivity contribution in [1.82, 2.24) is 10.2 Å². The van der Waals surface area contributed by atoms with Gasteiger partial charge in [0.25, 0.3) is 0 Å². The van der Waals surface area contributed by atoms with Gasteiger partial charge in [0.15, 0.2) is 0 Å². The van der Waals surface area contributed by atoms with Gasteiger partial charge in [0.05, 0.1) is 12.0 Å². The zero-order valence-electron chi connectivity index (χ0n) is 19.3. The maximum atomic E-state index is 13.0. The van der Waals surface area contributed by atoms with Gasteiger partial charge in [-0.1, -0.05) is 48.5 Å². The minimum atomic E-state index is -1.02. The molecule has 3 aliphatic rings. The van der Waals surface area contributed by atoms with E-state index in [4.69, 9.17) is 4.74 Å². The zero-order chi connectivity index (χ0) is 23.9. The summed E-state index contributed by atoms with van der Waals surface area (Å²) in [5.74, 6) is -1.09. The lowest BCUT2D eigenvalue weighted by Gasteiger charge is -2.32. The Balaban J connectivity index is 1.25. The second-order valence-corrected chi connectivity index (χ2v) is 9.97. The van der Waals surface area contributed by atoms with Gasteiger partial charge in [-0.15, -0.1) is 0 Å². The molecule has 2 fully saturated rings. The Bertz CT molecular complexity index is 1080. The molecule has 3 aliphatic carbocycles. The minimum Gasteiger partial charge on any atom is -0.480 e. The number of carbonyl (C=O) groups excluding carboxylic acids is 2. The first-order valence-corrected chi connectivity index (χ1v) is 12.0. The lowest BCUT2D eigenvalue weighted by molar-refractivity contribution is -0.145. The number of carbonyl (C=O) groups is 3. The smallest absolute Gasteiger partial charge is 0.407 e. The normalized spacial score (nSPS) is 18.4. The third kappa shape index (κ3) is 4.52. The maximum Gasteiger partial charge on any atom is 0.407 e. The fourth-order valence-corrected chi connectivity index (χ4v) is 5.25. The predicted molar refractivity (Wildman–Crippen MR) is 126 cm³/mol. The molecule has 7 heteroatoms. The number of benzene rings is 2. The van der Waals surface area contributed by atoms with E-state index in [1.165, 1.54) is 16.0 Å². The number of aliphatic carboxylic acids is 1. The highest BCUT2D eigenvalue weighted by molar-refractivity contribution is 5.83. The number of nitrogens with one attached hydrogen (secondary N) is 1. The van der Waals surface area contributed by atoms with Crippen LogP contribution in [0, 0.1) is 5.92 Å². The average Bonchev–Trinajstić information content (AvgIpc) is 3.72. The van der Waals surface area contributed by atoms with Crippen LogP contribution in [-0.4, -0.2) is 52.7 Å². The SMILES string of the molecule is CC(CC(=O)N(CC(=O)O)C1CC1)(NC(=O)OCC1c2ccccc2-c2ccccc21)C1CC1. The molecular formula is C27H30N2O5. The zero-order valence-corrected chi connectivity index (χ0v) is 19.3. The number of hydrogen-bond acceptors (Lipinski definition) is 4. The molecule has 34 heavy (non-hydrogen) atoms. The van der Waals surface area contributed by atoms with E-state index in [2.05, 4.69) is 29.6 Å². The van der Waals surface area contributed by atoms with E-state index in [0.29, 0.717) is 0 Å². The van der Waals surface area contributed by atoms with Crippen molar-refractivity contribution in [1.29, 1.82) is 0 Å². The number of carboxylic acids is 1. The first-order chi connectivity index (χ1) is 16.4. The molecule has 2 aromatic rings. The molecule has 2 amide bonds. The standard InChI is InChI=1S/C27H30N2O5/c1-27(17-10-11-17,14-24(30)29(15-25(31)32)18-12-13-18)28-26(33)34-16-23-21-8-4-2-6-19(21)20-7-3-5-9-22(20)23/h2-9,17-18,23H,10-16H2,1H3,(H,28,33)(H,31,32). The van der Waals surface area contributed by atoms with Crippen molar-refractivity contribution in [2.24, 2.45) is 5.92 Å². The molecule has 0 aliphatic heterocycles. The Morgan fingerprint density at radius 2 is 1.59 bits per heavy atom. The highest BCUT2D eigenvalue weighted by atomic mass is 16.5. The molecule has 0 saturated heterocycles. The first kappa shape index (κ1) is 22.4. The van der Waals surface area contributed by atoms with Crippen molar-refractivity contribution < 1.29 is 24.2 Å². The molecule has 1 atom stereocenters. The van der Waals surface area contributed by atoms with Crippen LogP contribution in [0.3, 0.4) is 0 Å². The lowest BCUT2D eigenvalue weighted by Crippen LogP contribution is -2.52. The van der Waals surface area contributed by atoms with Gasteiger partial charge in [-0.05, 0) is 60.8 Å². The number of rotatable bonds is 9. The van der Waals surface area contributed by atoms with Crippen LogP contribution in [0.1, 0.15) is 56.1 Å². The summed E-state index contributed by atoms with van der Waals surface area (Å²) in [5, 5.41) is 12.2. The number of nitrogens with zero attached hydrogens (tertiary/aromatic N) is 1. The monoisotopic (exact) mass is 462 g/mol. The van der Waals surface area contributed by atoms with Crippen LogP contribution in [0.4, 0.5) is 4.79 Å². The highest BCUT2D eigenvalue weighted by Crippen LogP contribution is 2.45. The molecule has 0 spiro atoms. The second-order valence-electron chi connectivity index (χ2n) is 9.97. The third-order valence-electron chi connectivity index (χ3n) is 7.34. The molecule has 2 N–H and O–H groups in total. The number of alkyl carbamates (subject to hydrolysis) is 1. The van der Waals surface area contributed by atoms with Crippen LogP contribution >= 0.6 is 0 Å². The van der Waals surface area contributed by atoms with Crippen LogP contribution < -0.4 is 5.32 Å². The van der Waals surface area contributed by atoms with E-state index in [-0.39, 0.29) is 43.4 Å². The van der Waals surface area contributed by atoms with E-state index >= 15 is 0 Å². The Morgan fingerprint density at radius 1 is 1.00 bits per heavy atom. The van der Waals surface area contributed by atoms with Crippen molar-refractivity contribution in [2.45, 2.75) is 56.5 Å². The van der Waals surface area contributed by atoms with E-state index in [1.54, 1.807) is 0 Å². The molecule has 0 radical (unpaired) electrons. The molecule has 0 heterocycles. The van der Waals surface area contributed by atoms with Crippen molar-refractivity contribution in [3.63, 3.8) is 0 Å². The Morgan fingerprint density at radius 3 is 2.12 bits per heavy atom. The van der Waals surface area contributed by atoms with Crippen LogP contribution in [0.25, 0.3) is 11.1 Å². The van der Waals surface area contributed by atoms with Gasteiger partial charge >= 0.3 is 12.1 Å². The van der Waals surface area contributed by atoms with Gasteiger partial charge in [0.1, 0.15) is 13.2 Å². The summed E-state index contributed by atoms with van der Waals surface area (Å²) in [7, 11) is 0. The second kappa shape index (κ2) is 8.78. The largest absolute Gasteiger partial charge is 0.480 e. The van der Waals surface area contributed by atoms with Crippen LogP contribution in [0.15, 0.2) is 48.5 Å². The van der Waals surface area contributed by atoms with Crippen molar-refractivity contribution in [3.05, 3.63) is 59.7 Å². The number of hydrogen-bond donors (Lipinski definition) is 2. The number of carboxylic acid groups (broad SMARTS) is 1. The summed E-state index contributed by atoms with van der Waals surface area (Å²) in [6, 6.07) is 16.3. The summed E-state index contributed by atoms with van der Waals surface area (Å²) < 4.78 is 5.71. The molecule has 0 aromatic heterocycles. The summed E-state index contributed by atoms with van der Waals surface area (Å²) >= 11 is 0. The molecule has 1 unspecified atom stereocenters. The summed E-state index contributed by atoms with van der Waals surface area (Å²) in [4.78, 5) is 38.6. The predicted octanol–water partition coefficient (Wildman–Crippen LogP) is 4.16. The number of ether oxygens (including phenoxy) is 1. The Labute approximate surface area is 199 Å². The fourth-order valence-electron chi connectivity index (χ4n) is 5.25. The van der Waals surface area contributed by atoms with Gasteiger partial charge < -0.3 is 20.1 Å². The summed E-state index contributed by atoms with van der Waals surface area (Å²) in [6.07, 6.45) is 3.05. The third-order valence-corrected chi connectivity index (χ3v) is 7.34. The van der Waals surface area contributed by atoms with E-state index < -0.39 is 17.6 Å². The molecular weight excluding hydrogens is 432 g/mol. The number of fused-ring (bicyclic) bond motifs is 3. The molecule has 178 valence electrons. The molecule has 2 saturated carbocycles. The summed E-state index contributed by atoms with van der Waals surface area (Å²) in [6.45, 7) is 1.78. The van der Waals surface area contributed by atoms with Crippen molar-refractivity contribution >= 4 is 18.0 Å². The quantitative estimate of drug-likeness (QED) is 0.583. The fraction of sp³-hybridized carbons (Fsp3) is 0.444. The molecule has 5 rings (SSSR count). The Kier molecular flexibility index (Phi) is 5.80.